The van der Waals surface area contributed by atoms with Crippen molar-refractivity contribution < 1.29 is 4.79 Å². The van der Waals surface area contributed by atoms with Crippen LogP contribution >= 0.6 is 0 Å². The predicted molar refractivity (Wildman–Crippen MR) is 62.6 cm³/mol. The minimum Gasteiger partial charge on any atom is -0.306 e. The van der Waals surface area contributed by atoms with Gasteiger partial charge >= 0.3 is 0 Å². The predicted octanol–water partition coefficient (Wildman–Crippen LogP) is 2.31. The van der Waals surface area contributed by atoms with Crippen LogP contribution in [-0.2, 0) is 11.3 Å². The van der Waals surface area contributed by atoms with E-state index in [-0.39, 0.29) is 5.78 Å². The van der Waals surface area contributed by atoms with Gasteiger partial charge in [-0.2, -0.15) is 0 Å². The highest BCUT2D eigenvalue weighted by Crippen LogP contribution is 1.98. The Morgan fingerprint density at radius 1 is 1.33 bits per heavy atom. The molecule has 0 unspecified atom stereocenters. The molecular weight excluding hydrogens is 186 g/mol. The molecule has 0 heterocycles. The molecule has 80 valence electrons. The molecule has 0 aliphatic heterocycles. The summed E-state index contributed by atoms with van der Waals surface area (Å²) in [6.45, 7) is 6.74. The maximum atomic E-state index is 11.3. The van der Waals surface area contributed by atoms with Crippen LogP contribution in [0.4, 0.5) is 0 Å². The van der Waals surface area contributed by atoms with Gasteiger partial charge in [-0.25, -0.2) is 0 Å². The molecule has 1 aromatic rings. The van der Waals surface area contributed by atoms with E-state index in [1.807, 2.05) is 37.3 Å². The summed E-state index contributed by atoms with van der Waals surface area (Å²) < 4.78 is 0. The van der Waals surface area contributed by atoms with Gasteiger partial charge in [-0.15, -0.1) is 0 Å². The van der Waals surface area contributed by atoms with Crippen molar-refractivity contribution in [3.05, 3.63) is 48.0 Å². The maximum Gasteiger partial charge on any atom is 0.150 e. The largest absolute Gasteiger partial charge is 0.306 e. The molecule has 1 aromatic carbocycles. The van der Waals surface area contributed by atoms with Crippen LogP contribution in [0, 0.1) is 0 Å². The quantitative estimate of drug-likeness (QED) is 0.719. The van der Waals surface area contributed by atoms with E-state index in [0.717, 1.165) is 12.1 Å². The van der Waals surface area contributed by atoms with Gasteiger partial charge in [-0.3, -0.25) is 4.79 Å². The summed E-state index contributed by atoms with van der Waals surface area (Å²) in [7, 11) is 0. The summed E-state index contributed by atoms with van der Waals surface area (Å²) in [6, 6.07) is 10.0. The van der Waals surface area contributed by atoms with Crippen molar-refractivity contribution in [2.45, 2.75) is 19.9 Å². The number of carbonyl (C=O) groups excluding carboxylic acids is 1. The molecule has 0 bridgehead atoms. The Hall–Kier alpha value is -1.41. The van der Waals surface area contributed by atoms with Crippen LogP contribution < -0.4 is 5.32 Å². The summed E-state index contributed by atoms with van der Waals surface area (Å²) in [5.74, 6) is 0.193. The minimum atomic E-state index is 0.193. The molecule has 0 saturated carbocycles. The van der Waals surface area contributed by atoms with Gasteiger partial charge in [0.25, 0.3) is 0 Å². The van der Waals surface area contributed by atoms with E-state index in [1.54, 1.807) is 0 Å². The lowest BCUT2D eigenvalue weighted by atomic mass is 10.1. The second kappa shape index (κ2) is 6.14. The number of ketones is 1. The molecule has 15 heavy (non-hydrogen) atoms. The Balaban J connectivity index is 2.22. The zero-order chi connectivity index (χ0) is 11.1. The lowest BCUT2D eigenvalue weighted by molar-refractivity contribution is -0.117. The van der Waals surface area contributed by atoms with Gasteiger partial charge in [0.1, 0.15) is 0 Å². The molecule has 0 saturated heterocycles. The molecule has 0 radical (unpaired) electrons. The third kappa shape index (κ3) is 5.13. The number of hydrogen-bond acceptors (Lipinski definition) is 2. The maximum absolute atomic E-state index is 11.3. The normalized spacial score (nSPS) is 9.93. The lowest BCUT2D eigenvalue weighted by Crippen LogP contribution is -2.22. The first kappa shape index (κ1) is 11.7. The zero-order valence-corrected chi connectivity index (χ0v) is 9.12. The number of allylic oxidation sites excluding steroid dienone is 1. The van der Waals surface area contributed by atoms with Gasteiger partial charge in [-0.05, 0) is 12.5 Å². The summed E-state index contributed by atoms with van der Waals surface area (Å²) in [6.07, 6.45) is 0.474. The van der Waals surface area contributed by atoms with E-state index >= 15 is 0 Å². The molecule has 1 rings (SSSR count). The molecule has 0 aromatic heterocycles. The number of Topliss-reactive ketones (excluding diaryl/α,β-unsaturated/α-hetero) is 1. The Morgan fingerprint density at radius 2 is 2.00 bits per heavy atom. The number of carbonyl (C=O) groups is 1. The first-order valence-corrected chi connectivity index (χ1v) is 5.09. The first-order chi connectivity index (χ1) is 7.18. The van der Waals surface area contributed by atoms with E-state index in [0.29, 0.717) is 13.0 Å². The highest BCUT2D eigenvalue weighted by Gasteiger charge is 2.00. The van der Waals surface area contributed by atoms with E-state index in [9.17, 15) is 4.79 Å². The van der Waals surface area contributed by atoms with Crippen molar-refractivity contribution in [2.75, 3.05) is 6.54 Å². The second-order valence-corrected chi connectivity index (χ2v) is 3.76. The van der Waals surface area contributed by atoms with Crippen molar-refractivity contribution >= 4 is 5.78 Å². The Bertz CT molecular complexity index is 330. The van der Waals surface area contributed by atoms with Gasteiger partial charge < -0.3 is 5.32 Å². The molecule has 0 aliphatic rings. The van der Waals surface area contributed by atoms with E-state index in [2.05, 4.69) is 11.9 Å². The fraction of sp³-hybridized carbons (Fsp3) is 0.308. The molecule has 0 aliphatic carbocycles. The average molecular weight is 203 g/mol. The highest BCUT2D eigenvalue weighted by atomic mass is 16.1. The Morgan fingerprint density at radius 3 is 2.60 bits per heavy atom. The fourth-order valence-electron chi connectivity index (χ4n) is 1.34. The molecule has 2 nitrogen and oxygen atoms in total. The van der Waals surface area contributed by atoms with Crippen molar-refractivity contribution in [2.24, 2.45) is 0 Å². The highest BCUT2D eigenvalue weighted by molar-refractivity contribution is 5.82. The van der Waals surface area contributed by atoms with Crippen LogP contribution in [0.3, 0.4) is 0 Å². The molecule has 0 amide bonds. The first-order valence-electron chi connectivity index (χ1n) is 5.09. The standard InChI is InChI=1S/C13H17NO/c1-11(2)8-13(15)10-14-9-12-6-4-3-5-7-12/h3-7,14H,1,8-10H2,2H3. The second-order valence-electron chi connectivity index (χ2n) is 3.76. The number of benzene rings is 1. The third-order valence-corrected chi connectivity index (χ3v) is 1.99. The monoisotopic (exact) mass is 203 g/mol. The summed E-state index contributed by atoms with van der Waals surface area (Å²) in [5, 5.41) is 3.12. The van der Waals surface area contributed by atoms with Crippen LogP contribution in [0.5, 0.6) is 0 Å². The number of rotatable bonds is 6. The van der Waals surface area contributed by atoms with Crippen LogP contribution in [0.25, 0.3) is 0 Å². The van der Waals surface area contributed by atoms with E-state index in [1.165, 1.54) is 5.56 Å². The Labute approximate surface area is 91.0 Å². The van der Waals surface area contributed by atoms with Crippen molar-refractivity contribution in [3.63, 3.8) is 0 Å². The molecule has 0 fully saturated rings. The summed E-state index contributed by atoms with van der Waals surface area (Å²) in [5.41, 5.74) is 2.11. The van der Waals surface area contributed by atoms with Crippen molar-refractivity contribution in [3.8, 4) is 0 Å². The van der Waals surface area contributed by atoms with Crippen molar-refractivity contribution in [1.82, 2.24) is 5.32 Å². The van der Waals surface area contributed by atoms with Crippen LogP contribution in [-0.4, -0.2) is 12.3 Å². The topological polar surface area (TPSA) is 29.1 Å². The minimum absolute atomic E-state index is 0.193. The Kier molecular flexibility index (Phi) is 4.78. The van der Waals surface area contributed by atoms with E-state index in [4.69, 9.17) is 0 Å². The number of hydrogen-bond donors (Lipinski definition) is 1. The van der Waals surface area contributed by atoms with Gasteiger partial charge in [0.15, 0.2) is 5.78 Å². The van der Waals surface area contributed by atoms with Crippen molar-refractivity contribution in [1.29, 1.82) is 0 Å². The van der Waals surface area contributed by atoms with Gasteiger partial charge in [-0.1, -0.05) is 42.5 Å². The SMILES string of the molecule is C=C(C)CC(=O)CNCc1ccccc1. The molecule has 0 atom stereocenters. The molecular formula is C13H17NO. The summed E-state index contributed by atoms with van der Waals surface area (Å²) >= 11 is 0. The van der Waals surface area contributed by atoms with Crippen LogP contribution in [0.15, 0.2) is 42.5 Å². The average Bonchev–Trinajstić information content (AvgIpc) is 2.18. The smallest absolute Gasteiger partial charge is 0.150 e. The fourth-order valence-corrected chi connectivity index (χ4v) is 1.34. The summed E-state index contributed by atoms with van der Waals surface area (Å²) in [4.78, 5) is 11.3. The lowest BCUT2D eigenvalue weighted by Gasteiger charge is -2.03. The number of nitrogens with one attached hydrogen (secondary N) is 1. The third-order valence-electron chi connectivity index (χ3n) is 1.99. The molecule has 1 N–H and O–H groups in total. The molecule has 0 spiro atoms. The van der Waals surface area contributed by atoms with Gasteiger partial charge in [0.2, 0.25) is 0 Å². The van der Waals surface area contributed by atoms with E-state index < -0.39 is 0 Å². The zero-order valence-electron chi connectivity index (χ0n) is 9.12. The molecule has 2 heteroatoms. The van der Waals surface area contributed by atoms with Crippen LogP contribution in [0.1, 0.15) is 18.9 Å². The van der Waals surface area contributed by atoms with Gasteiger partial charge in [0, 0.05) is 13.0 Å². The van der Waals surface area contributed by atoms with Gasteiger partial charge in [0.05, 0.1) is 6.54 Å². The van der Waals surface area contributed by atoms with Crippen LogP contribution in [0.2, 0.25) is 0 Å².